The van der Waals surface area contributed by atoms with Gasteiger partial charge in [-0.05, 0) is 35.9 Å². The van der Waals surface area contributed by atoms with E-state index in [1.54, 1.807) is 0 Å². The van der Waals surface area contributed by atoms with E-state index in [-0.39, 0.29) is 5.41 Å². The Kier molecular flexibility index (Phi) is 5.61. The second kappa shape index (κ2) is 6.75. The van der Waals surface area contributed by atoms with E-state index in [4.69, 9.17) is 0 Å². The average Bonchev–Trinajstić information content (AvgIpc) is 2.33. The SMILES string of the molecule is C=CCC(NCCC)c1ccc(C(C)(C)C)cc1. The van der Waals surface area contributed by atoms with Crippen LogP contribution >= 0.6 is 0 Å². The lowest BCUT2D eigenvalue weighted by molar-refractivity contribution is 0.535. The molecule has 0 spiro atoms. The lowest BCUT2D eigenvalue weighted by Crippen LogP contribution is -2.22. The molecule has 1 unspecified atom stereocenters. The number of benzene rings is 1. The number of hydrogen-bond donors (Lipinski definition) is 1. The molecule has 1 aromatic carbocycles. The quantitative estimate of drug-likeness (QED) is 0.722. The molecule has 100 valence electrons. The summed E-state index contributed by atoms with van der Waals surface area (Å²) in [6, 6.07) is 9.39. The first-order valence-electron chi connectivity index (χ1n) is 6.93. The molecule has 0 saturated heterocycles. The highest BCUT2D eigenvalue weighted by Crippen LogP contribution is 2.25. The van der Waals surface area contributed by atoms with E-state index in [2.05, 4.69) is 63.9 Å². The molecule has 1 heteroatoms. The van der Waals surface area contributed by atoms with Crippen LogP contribution in [0.3, 0.4) is 0 Å². The van der Waals surface area contributed by atoms with Crippen LogP contribution in [-0.2, 0) is 5.41 Å². The van der Waals surface area contributed by atoms with Crippen molar-refractivity contribution in [3.05, 3.63) is 48.0 Å². The number of nitrogens with one attached hydrogen (secondary N) is 1. The molecule has 1 atom stereocenters. The summed E-state index contributed by atoms with van der Waals surface area (Å²) in [6.45, 7) is 13.8. The van der Waals surface area contributed by atoms with E-state index >= 15 is 0 Å². The zero-order valence-corrected chi connectivity index (χ0v) is 12.3. The Morgan fingerprint density at radius 2 is 1.83 bits per heavy atom. The van der Waals surface area contributed by atoms with Crippen molar-refractivity contribution in [1.29, 1.82) is 0 Å². The highest BCUT2D eigenvalue weighted by molar-refractivity contribution is 5.29. The predicted molar refractivity (Wildman–Crippen MR) is 81.0 cm³/mol. The van der Waals surface area contributed by atoms with Crippen LogP contribution in [0.5, 0.6) is 0 Å². The van der Waals surface area contributed by atoms with E-state index in [0.29, 0.717) is 6.04 Å². The standard InChI is InChI=1S/C17H27N/c1-6-8-16(18-13-7-2)14-9-11-15(12-10-14)17(3,4)5/h6,9-12,16,18H,1,7-8,13H2,2-5H3. The van der Waals surface area contributed by atoms with Gasteiger partial charge < -0.3 is 5.32 Å². The van der Waals surface area contributed by atoms with Gasteiger partial charge >= 0.3 is 0 Å². The fourth-order valence-electron chi connectivity index (χ4n) is 2.04. The summed E-state index contributed by atoms with van der Waals surface area (Å²) in [5.74, 6) is 0. The van der Waals surface area contributed by atoms with Gasteiger partial charge in [-0.15, -0.1) is 6.58 Å². The highest BCUT2D eigenvalue weighted by Gasteiger charge is 2.14. The topological polar surface area (TPSA) is 12.0 Å². The Morgan fingerprint density at radius 1 is 1.22 bits per heavy atom. The molecule has 1 N–H and O–H groups in total. The normalized spacial score (nSPS) is 13.3. The number of hydrogen-bond acceptors (Lipinski definition) is 1. The molecule has 0 aromatic heterocycles. The summed E-state index contributed by atoms with van der Waals surface area (Å²) in [7, 11) is 0. The summed E-state index contributed by atoms with van der Waals surface area (Å²) in [4.78, 5) is 0. The van der Waals surface area contributed by atoms with Gasteiger partial charge in [0.15, 0.2) is 0 Å². The van der Waals surface area contributed by atoms with Gasteiger partial charge in [-0.3, -0.25) is 0 Å². The Labute approximate surface area is 112 Å². The Morgan fingerprint density at radius 3 is 2.28 bits per heavy atom. The van der Waals surface area contributed by atoms with Gasteiger partial charge in [0.05, 0.1) is 0 Å². The molecule has 0 aliphatic carbocycles. The molecule has 0 bridgehead atoms. The van der Waals surface area contributed by atoms with Crippen molar-refractivity contribution in [3.8, 4) is 0 Å². The third-order valence-electron chi connectivity index (χ3n) is 3.22. The van der Waals surface area contributed by atoms with E-state index in [1.165, 1.54) is 11.1 Å². The molecule has 1 aromatic rings. The van der Waals surface area contributed by atoms with Gasteiger partial charge in [0.2, 0.25) is 0 Å². The van der Waals surface area contributed by atoms with Gasteiger partial charge in [0.1, 0.15) is 0 Å². The molecule has 0 radical (unpaired) electrons. The van der Waals surface area contributed by atoms with E-state index in [9.17, 15) is 0 Å². The van der Waals surface area contributed by atoms with Crippen LogP contribution in [0.25, 0.3) is 0 Å². The molecule has 0 fully saturated rings. The van der Waals surface area contributed by atoms with Crippen molar-refractivity contribution in [2.75, 3.05) is 6.54 Å². The fraction of sp³-hybridized carbons (Fsp3) is 0.529. The third kappa shape index (κ3) is 4.30. The predicted octanol–water partition coefficient (Wildman–Crippen LogP) is 4.60. The minimum Gasteiger partial charge on any atom is -0.310 e. The molecule has 0 aliphatic rings. The largest absolute Gasteiger partial charge is 0.310 e. The van der Waals surface area contributed by atoms with Crippen LogP contribution in [0.15, 0.2) is 36.9 Å². The lowest BCUT2D eigenvalue weighted by atomic mass is 9.86. The molecule has 0 heterocycles. The molecular weight excluding hydrogens is 218 g/mol. The van der Waals surface area contributed by atoms with Crippen molar-refractivity contribution in [2.24, 2.45) is 0 Å². The Hall–Kier alpha value is -1.08. The van der Waals surface area contributed by atoms with Crippen molar-refractivity contribution in [3.63, 3.8) is 0 Å². The smallest absolute Gasteiger partial charge is 0.0354 e. The second-order valence-electron chi connectivity index (χ2n) is 5.90. The first-order chi connectivity index (χ1) is 8.49. The van der Waals surface area contributed by atoms with Crippen molar-refractivity contribution < 1.29 is 0 Å². The number of rotatable bonds is 6. The third-order valence-corrected chi connectivity index (χ3v) is 3.22. The van der Waals surface area contributed by atoms with Gasteiger partial charge in [0, 0.05) is 6.04 Å². The molecule has 18 heavy (non-hydrogen) atoms. The van der Waals surface area contributed by atoms with E-state index in [1.807, 2.05) is 6.08 Å². The van der Waals surface area contributed by atoms with Gasteiger partial charge in [-0.2, -0.15) is 0 Å². The Balaban J connectivity index is 2.82. The van der Waals surface area contributed by atoms with E-state index < -0.39 is 0 Å². The van der Waals surface area contributed by atoms with Crippen molar-refractivity contribution >= 4 is 0 Å². The van der Waals surface area contributed by atoms with Crippen molar-refractivity contribution in [2.45, 2.75) is 52.0 Å². The fourth-order valence-corrected chi connectivity index (χ4v) is 2.04. The minimum atomic E-state index is 0.226. The van der Waals surface area contributed by atoms with Crippen LogP contribution in [0.1, 0.15) is 57.7 Å². The zero-order chi connectivity index (χ0) is 13.6. The molecular formula is C17H27N. The minimum absolute atomic E-state index is 0.226. The van der Waals surface area contributed by atoms with E-state index in [0.717, 1.165) is 19.4 Å². The zero-order valence-electron chi connectivity index (χ0n) is 12.3. The van der Waals surface area contributed by atoms with Crippen LogP contribution in [0.4, 0.5) is 0 Å². The second-order valence-corrected chi connectivity index (χ2v) is 5.90. The maximum absolute atomic E-state index is 3.85. The first-order valence-corrected chi connectivity index (χ1v) is 6.93. The maximum atomic E-state index is 3.85. The molecule has 0 saturated carbocycles. The average molecular weight is 245 g/mol. The van der Waals surface area contributed by atoms with Gasteiger partial charge in [0.25, 0.3) is 0 Å². The summed E-state index contributed by atoms with van der Waals surface area (Å²) < 4.78 is 0. The van der Waals surface area contributed by atoms with Crippen LogP contribution < -0.4 is 5.32 Å². The summed E-state index contributed by atoms with van der Waals surface area (Å²) in [6.07, 6.45) is 4.13. The Bertz CT molecular complexity index is 356. The van der Waals surface area contributed by atoms with Gasteiger partial charge in [-0.25, -0.2) is 0 Å². The first kappa shape index (κ1) is 15.0. The maximum Gasteiger partial charge on any atom is 0.0354 e. The summed E-state index contributed by atoms with van der Waals surface area (Å²) >= 11 is 0. The highest BCUT2D eigenvalue weighted by atomic mass is 14.9. The summed E-state index contributed by atoms with van der Waals surface area (Å²) in [5.41, 5.74) is 2.97. The lowest BCUT2D eigenvalue weighted by Gasteiger charge is -2.22. The van der Waals surface area contributed by atoms with Crippen LogP contribution in [0, 0.1) is 0 Å². The molecule has 1 rings (SSSR count). The van der Waals surface area contributed by atoms with Crippen molar-refractivity contribution in [1.82, 2.24) is 5.32 Å². The monoisotopic (exact) mass is 245 g/mol. The summed E-state index contributed by atoms with van der Waals surface area (Å²) in [5, 5.41) is 3.57. The van der Waals surface area contributed by atoms with Gasteiger partial charge in [-0.1, -0.05) is 58.0 Å². The van der Waals surface area contributed by atoms with Crippen LogP contribution in [0.2, 0.25) is 0 Å². The molecule has 0 aliphatic heterocycles. The van der Waals surface area contributed by atoms with Crippen LogP contribution in [-0.4, -0.2) is 6.54 Å². The molecule has 0 amide bonds. The molecule has 1 nitrogen and oxygen atoms in total.